The van der Waals surface area contributed by atoms with Crippen molar-refractivity contribution in [1.29, 1.82) is 0 Å². The molecular weight excluding hydrogens is 346 g/mol. The molecule has 26 heavy (non-hydrogen) atoms. The number of aryl methyl sites for hydroxylation is 1. The zero-order chi connectivity index (χ0) is 18.5. The number of nitrogens with zero attached hydrogens (tertiary/aromatic N) is 2. The average Bonchev–Trinajstić information content (AvgIpc) is 3.06. The second-order valence-electron chi connectivity index (χ2n) is 6.51. The molecule has 3 rings (SSSR count). The summed E-state index contributed by atoms with van der Waals surface area (Å²) in [5, 5.41) is 7.81. The number of aromatic amines is 1. The molecule has 1 atom stereocenters. The van der Waals surface area contributed by atoms with E-state index in [0.29, 0.717) is 18.0 Å². The summed E-state index contributed by atoms with van der Waals surface area (Å²) < 4.78 is 0. The van der Waals surface area contributed by atoms with E-state index in [2.05, 4.69) is 22.3 Å². The summed E-state index contributed by atoms with van der Waals surface area (Å²) in [5.41, 5.74) is 4.05. The third-order valence-corrected chi connectivity index (χ3v) is 4.69. The maximum absolute atomic E-state index is 12.8. The van der Waals surface area contributed by atoms with Gasteiger partial charge in [0.25, 0.3) is 0 Å². The molecule has 0 saturated heterocycles. The molecule has 0 aliphatic rings. The standard InChI is InChI=1S/C21H22ClN3O/c1-15-12-19(24-23-15)14-25(2)21(26)13-20(16-6-4-3-5-7-16)17-8-10-18(22)11-9-17/h3-12,20H,13-14H2,1-2H3,(H,23,24). The molecule has 0 radical (unpaired) electrons. The topological polar surface area (TPSA) is 49.0 Å². The molecule has 0 aliphatic carbocycles. The third kappa shape index (κ3) is 4.52. The number of aromatic nitrogens is 2. The normalized spacial score (nSPS) is 12.0. The van der Waals surface area contributed by atoms with E-state index in [1.165, 1.54) is 0 Å². The SMILES string of the molecule is Cc1cc(CN(C)C(=O)CC(c2ccccc2)c2ccc(Cl)cc2)n[nH]1. The van der Waals surface area contributed by atoms with Gasteiger partial charge in [0.05, 0.1) is 12.2 Å². The highest BCUT2D eigenvalue weighted by molar-refractivity contribution is 6.30. The highest BCUT2D eigenvalue weighted by Crippen LogP contribution is 2.29. The van der Waals surface area contributed by atoms with Gasteiger partial charge in [-0.1, -0.05) is 54.1 Å². The number of carbonyl (C=O) groups is 1. The first-order valence-corrected chi connectivity index (χ1v) is 8.96. The second kappa shape index (κ2) is 8.19. The highest BCUT2D eigenvalue weighted by atomic mass is 35.5. The maximum Gasteiger partial charge on any atom is 0.223 e. The molecule has 0 aliphatic heterocycles. The summed E-state index contributed by atoms with van der Waals surface area (Å²) in [5.74, 6) is 0.0683. The van der Waals surface area contributed by atoms with Crippen molar-refractivity contribution in [3.8, 4) is 0 Å². The van der Waals surface area contributed by atoms with E-state index >= 15 is 0 Å². The van der Waals surface area contributed by atoms with Crippen LogP contribution in [0.1, 0.15) is 34.9 Å². The molecule has 0 saturated carbocycles. The Morgan fingerprint density at radius 3 is 2.38 bits per heavy atom. The van der Waals surface area contributed by atoms with Crippen LogP contribution in [0.25, 0.3) is 0 Å². The number of carbonyl (C=O) groups excluding carboxylic acids is 1. The highest BCUT2D eigenvalue weighted by Gasteiger charge is 2.21. The molecule has 3 aromatic rings. The lowest BCUT2D eigenvalue weighted by Crippen LogP contribution is -2.28. The number of hydrogen-bond acceptors (Lipinski definition) is 2. The summed E-state index contributed by atoms with van der Waals surface area (Å²) in [6.45, 7) is 2.44. The molecule has 134 valence electrons. The molecule has 5 heteroatoms. The van der Waals surface area contributed by atoms with Crippen molar-refractivity contribution < 1.29 is 4.79 Å². The molecule has 2 aromatic carbocycles. The number of benzene rings is 2. The largest absolute Gasteiger partial charge is 0.340 e. The summed E-state index contributed by atoms with van der Waals surface area (Å²) >= 11 is 6.03. The van der Waals surface area contributed by atoms with Gasteiger partial charge in [0.1, 0.15) is 0 Å². The van der Waals surface area contributed by atoms with E-state index in [1.807, 2.05) is 62.5 Å². The Balaban J connectivity index is 1.78. The fraction of sp³-hybridized carbons (Fsp3) is 0.238. The fourth-order valence-corrected chi connectivity index (χ4v) is 3.15. The second-order valence-corrected chi connectivity index (χ2v) is 6.95. The number of rotatable bonds is 6. The van der Waals surface area contributed by atoms with Crippen LogP contribution in [-0.2, 0) is 11.3 Å². The van der Waals surface area contributed by atoms with E-state index in [0.717, 1.165) is 22.5 Å². The number of amides is 1. The number of H-pyrrole nitrogens is 1. The van der Waals surface area contributed by atoms with Crippen molar-refractivity contribution in [3.05, 3.63) is 88.2 Å². The summed E-state index contributed by atoms with van der Waals surface area (Å²) in [6, 6.07) is 19.8. The Morgan fingerprint density at radius 2 is 1.77 bits per heavy atom. The van der Waals surface area contributed by atoms with Gasteiger partial charge in [0, 0.05) is 30.1 Å². The van der Waals surface area contributed by atoms with Gasteiger partial charge in [0.2, 0.25) is 5.91 Å². The smallest absolute Gasteiger partial charge is 0.223 e. The Morgan fingerprint density at radius 1 is 1.12 bits per heavy atom. The van der Waals surface area contributed by atoms with Gasteiger partial charge >= 0.3 is 0 Å². The maximum atomic E-state index is 12.8. The molecule has 0 spiro atoms. The van der Waals surface area contributed by atoms with Gasteiger partial charge in [-0.05, 0) is 36.2 Å². The van der Waals surface area contributed by atoms with E-state index in [4.69, 9.17) is 11.6 Å². The molecule has 1 aromatic heterocycles. The minimum Gasteiger partial charge on any atom is -0.340 e. The van der Waals surface area contributed by atoms with Crippen molar-refractivity contribution in [2.45, 2.75) is 25.8 Å². The van der Waals surface area contributed by atoms with Crippen LogP contribution in [0.4, 0.5) is 0 Å². The zero-order valence-electron chi connectivity index (χ0n) is 14.9. The molecule has 4 nitrogen and oxygen atoms in total. The first kappa shape index (κ1) is 18.2. The van der Waals surface area contributed by atoms with E-state index in [-0.39, 0.29) is 11.8 Å². The molecule has 1 N–H and O–H groups in total. The van der Waals surface area contributed by atoms with Crippen molar-refractivity contribution in [2.75, 3.05) is 7.05 Å². The van der Waals surface area contributed by atoms with Gasteiger partial charge in [-0.15, -0.1) is 0 Å². The van der Waals surface area contributed by atoms with Crippen molar-refractivity contribution in [1.82, 2.24) is 15.1 Å². The van der Waals surface area contributed by atoms with E-state index in [9.17, 15) is 4.79 Å². The Hall–Kier alpha value is -2.59. The minimum absolute atomic E-state index is 0.00987. The number of halogens is 1. The first-order valence-electron chi connectivity index (χ1n) is 8.58. The summed E-state index contributed by atoms with van der Waals surface area (Å²) in [4.78, 5) is 14.6. The predicted molar refractivity (Wildman–Crippen MR) is 104 cm³/mol. The van der Waals surface area contributed by atoms with Crippen LogP contribution >= 0.6 is 11.6 Å². The van der Waals surface area contributed by atoms with Crippen LogP contribution in [-0.4, -0.2) is 28.1 Å². The first-order chi connectivity index (χ1) is 12.5. The summed E-state index contributed by atoms with van der Waals surface area (Å²) in [6.07, 6.45) is 0.394. The quantitative estimate of drug-likeness (QED) is 0.694. The third-order valence-electron chi connectivity index (χ3n) is 4.44. The van der Waals surface area contributed by atoms with Crippen LogP contribution in [0.2, 0.25) is 5.02 Å². The Labute approximate surface area is 158 Å². The lowest BCUT2D eigenvalue weighted by molar-refractivity contribution is -0.130. The van der Waals surface area contributed by atoms with Gasteiger partial charge in [0.15, 0.2) is 0 Å². The van der Waals surface area contributed by atoms with Gasteiger partial charge in [-0.2, -0.15) is 5.10 Å². The summed E-state index contributed by atoms with van der Waals surface area (Å²) in [7, 11) is 1.82. The van der Waals surface area contributed by atoms with Gasteiger partial charge < -0.3 is 4.90 Å². The van der Waals surface area contributed by atoms with Crippen molar-refractivity contribution in [3.63, 3.8) is 0 Å². The van der Waals surface area contributed by atoms with Crippen LogP contribution in [0.5, 0.6) is 0 Å². The van der Waals surface area contributed by atoms with E-state index in [1.54, 1.807) is 4.90 Å². The van der Waals surface area contributed by atoms with Gasteiger partial charge in [-0.3, -0.25) is 9.89 Å². The van der Waals surface area contributed by atoms with Crippen molar-refractivity contribution in [2.24, 2.45) is 0 Å². The molecule has 1 amide bonds. The molecular formula is C21H22ClN3O. The zero-order valence-corrected chi connectivity index (χ0v) is 15.7. The fourth-order valence-electron chi connectivity index (χ4n) is 3.03. The van der Waals surface area contributed by atoms with Crippen LogP contribution in [0.15, 0.2) is 60.7 Å². The minimum atomic E-state index is -0.00987. The molecule has 1 heterocycles. The predicted octanol–water partition coefficient (Wildman–Crippen LogP) is 4.55. The van der Waals surface area contributed by atoms with Crippen molar-refractivity contribution >= 4 is 17.5 Å². The number of hydrogen-bond donors (Lipinski definition) is 1. The number of nitrogens with one attached hydrogen (secondary N) is 1. The Bertz CT molecular complexity index is 858. The lowest BCUT2D eigenvalue weighted by atomic mass is 9.88. The lowest BCUT2D eigenvalue weighted by Gasteiger charge is -2.22. The van der Waals surface area contributed by atoms with Crippen LogP contribution in [0, 0.1) is 6.92 Å². The molecule has 1 unspecified atom stereocenters. The molecule has 0 bridgehead atoms. The van der Waals surface area contributed by atoms with Crippen LogP contribution in [0.3, 0.4) is 0 Å². The van der Waals surface area contributed by atoms with E-state index < -0.39 is 0 Å². The van der Waals surface area contributed by atoms with Crippen LogP contribution < -0.4 is 0 Å². The monoisotopic (exact) mass is 367 g/mol. The van der Waals surface area contributed by atoms with Gasteiger partial charge in [-0.25, -0.2) is 0 Å². The average molecular weight is 368 g/mol. The Kier molecular flexibility index (Phi) is 5.74. The molecule has 0 fully saturated rings.